The quantitative estimate of drug-likeness (QED) is 0.314. The van der Waals surface area contributed by atoms with Gasteiger partial charge in [0.05, 0.1) is 11.0 Å². The minimum absolute atomic E-state index is 0.000454. The number of benzene rings is 3. The van der Waals surface area contributed by atoms with Crippen LogP contribution in [0, 0.1) is 10.1 Å². The van der Waals surface area contributed by atoms with Crippen LogP contribution in [-0.4, -0.2) is 18.1 Å². The van der Waals surface area contributed by atoms with Crippen LogP contribution in [0.2, 0.25) is 0 Å². The van der Waals surface area contributed by atoms with Crippen LogP contribution in [0.4, 0.5) is 5.69 Å². The second kappa shape index (κ2) is 9.24. The van der Waals surface area contributed by atoms with Gasteiger partial charge in [0.1, 0.15) is 37.1 Å². The zero-order chi connectivity index (χ0) is 18.9. The number of hydrogen-bond acceptors (Lipinski definition) is 5. The molecule has 0 amide bonds. The van der Waals surface area contributed by atoms with Gasteiger partial charge in [0.2, 0.25) is 0 Å². The molecule has 3 aromatic carbocycles. The van der Waals surface area contributed by atoms with E-state index < -0.39 is 4.92 Å². The van der Waals surface area contributed by atoms with E-state index in [0.717, 1.165) is 11.3 Å². The van der Waals surface area contributed by atoms with Gasteiger partial charge in [0.15, 0.2) is 0 Å². The van der Waals surface area contributed by atoms with Gasteiger partial charge in [0.25, 0.3) is 5.69 Å². The zero-order valence-electron chi connectivity index (χ0n) is 14.6. The predicted molar refractivity (Wildman–Crippen MR) is 101 cm³/mol. The highest BCUT2D eigenvalue weighted by atomic mass is 16.6. The molecule has 3 rings (SSSR count). The van der Waals surface area contributed by atoms with E-state index in [4.69, 9.17) is 14.2 Å². The van der Waals surface area contributed by atoms with Crippen LogP contribution in [0.3, 0.4) is 0 Å². The molecule has 138 valence electrons. The first-order valence-corrected chi connectivity index (χ1v) is 8.47. The fourth-order valence-corrected chi connectivity index (χ4v) is 2.38. The summed E-state index contributed by atoms with van der Waals surface area (Å²) in [5.74, 6) is 1.90. The van der Waals surface area contributed by atoms with Crippen molar-refractivity contribution >= 4 is 5.69 Å². The topological polar surface area (TPSA) is 70.8 Å². The second-order valence-corrected chi connectivity index (χ2v) is 5.70. The van der Waals surface area contributed by atoms with Gasteiger partial charge in [-0.05, 0) is 35.9 Å². The van der Waals surface area contributed by atoms with Crippen LogP contribution < -0.4 is 14.2 Å². The van der Waals surface area contributed by atoms with Crippen molar-refractivity contribution in [3.05, 3.63) is 94.5 Å². The van der Waals surface area contributed by atoms with Crippen molar-refractivity contribution in [2.75, 3.05) is 13.2 Å². The van der Waals surface area contributed by atoms with Crippen LogP contribution >= 0.6 is 0 Å². The summed E-state index contributed by atoms with van der Waals surface area (Å²) in [5, 5.41) is 10.7. The third-order valence-corrected chi connectivity index (χ3v) is 3.72. The van der Waals surface area contributed by atoms with Gasteiger partial charge in [-0.2, -0.15) is 0 Å². The fourth-order valence-electron chi connectivity index (χ4n) is 2.38. The molecule has 27 heavy (non-hydrogen) atoms. The highest BCUT2D eigenvalue weighted by molar-refractivity contribution is 5.38. The van der Waals surface area contributed by atoms with Gasteiger partial charge in [-0.25, -0.2) is 0 Å². The van der Waals surface area contributed by atoms with Crippen LogP contribution in [0.5, 0.6) is 17.2 Å². The molecule has 0 aromatic heterocycles. The molecule has 0 aliphatic carbocycles. The number of ether oxygens (including phenoxy) is 3. The molecule has 0 N–H and O–H groups in total. The number of nitrogens with zero attached hydrogens (tertiary/aromatic N) is 1. The van der Waals surface area contributed by atoms with Crippen LogP contribution in [0.15, 0.2) is 78.9 Å². The molecule has 0 bridgehead atoms. The Labute approximate surface area is 157 Å². The van der Waals surface area contributed by atoms with E-state index in [9.17, 15) is 10.1 Å². The number of nitro groups is 1. The van der Waals surface area contributed by atoms with Crippen molar-refractivity contribution in [2.24, 2.45) is 0 Å². The van der Waals surface area contributed by atoms with Crippen LogP contribution in [-0.2, 0) is 6.61 Å². The highest BCUT2D eigenvalue weighted by Crippen LogP contribution is 2.20. The first-order chi connectivity index (χ1) is 13.2. The maximum absolute atomic E-state index is 10.7. The Balaban J connectivity index is 1.41. The lowest BCUT2D eigenvalue weighted by atomic mass is 10.2. The van der Waals surface area contributed by atoms with Crippen molar-refractivity contribution in [1.29, 1.82) is 0 Å². The minimum atomic E-state index is -0.454. The van der Waals surface area contributed by atoms with Gasteiger partial charge in [-0.1, -0.05) is 36.4 Å². The second-order valence-electron chi connectivity index (χ2n) is 5.70. The molecule has 0 aliphatic heterocycles. The summed E-state index contributed by atoms with van der Waals surface area (Å²) in [4.78, 5) is 10.3. The maximum atomic E-state index is 10.7. The fraction of sp³-hybridized carbons (Fsp3) is 0.143. The van der Waals surface area contributed by atoms with E-state index in [2.05, 4.69) is 0 Å². The third-order valence-electron chi connectivity index (χ3n) is 3.72. The molecular formula is C21H19NO5. The lowest BCUT2D eigenvalue weighted by Crippen LogP contribution is -2.09. The Morgan fingerprint density at radius 3 is 2.00 bits per heavy atom. The monoisotopic (exact) mass is 365 g/mol. The number of hydrogen-bond donors (Lipinski definition) is 0. The first-order valence-electron chi connectivity index (χ1n) is 8.47. The third kappa shape index (κ3) is 5.74. The van der Waals surface area contributed by atoms with Gasteiger partial charge in [0, 0.05) is 6.07 Å². The largest absolute Gasteiger partial charge is 0.490 e. The molecule has 0 unspecified atom stereocenters. The van der Waals surface area contributed by atoms with E-state index in [1.54, 1.807) is 12.1 Å². The minimum Gasteiger partial charge on any atom is -0.490 e. The normalized spacial score (nSPS) is 10.2. The summed E-state index contributed by atoms with van der Waals surface area (Å²) in [6.45, 7) is 1.12. The average Bonchev–Trinajstić information content (AvgIpc) is 2.71. The van der Waals surface area contributed by atoms with Crippen LogP contribution in [0.25, 0.3) is 0 Å². The van der Waals surface area contributed by atoms with Crippen molar-refractivity contribution in [3.63, 3.8) is 0 Å². The summed E-state index contributed by atoms with van der Waals surface area (Å²) in [6.07, 6.45) is 0. The Kier molecular flexibility index (Phi) is 6.25. The van der Waals surface area contributed by atoms with Crippen molar-refractivity contribution < 1.29 is 19.1 Å². The maximum Gasteiger partial charge on any atom is 0.273 e. The van der Waals surface area contributed by atoms with Gasteiger partial charge < -0.3 is 14.2 Å². The lowest BCUT2D eigenvalue weighted by molar-refractivity contribution is -0.384. The molecule has 6 heteroatoms. The number of rotatable bonds is 9. The van der Waals surface area contributed by atoms with E-state index in [-0.39, 0.29) is 12.3 Å². The summed E-state index contributed by atoms with van der Waals surface area (Å²) >= 11 is 0. The van der Waals surface area contributed by atoms with E-state index in [0.29, 0.717) is 24.7 Å². The predicted octanol–water partition coefficient (Wildman–Crippen LogP) is 4.63. The zero-order valence-corrected chi connectivity index (χ0v) is 14.6. The SMILES string of the molecule is O=[N+]([O-])c1cccc(OCCOc2ccc(OCc3ccccc3)cc2)c1. The molecule has 0 aliphatic rings. The average molecular weight is 365 g/mol. The van der Waals surface area contributed by atoms with Gasteiger partial charge in [-0.3, -0.25) is 10.1 Å². The molecule has 3 aromatic rings. The van der Waals surface area contributed by atoms with Crippen molar-refractivity contribution in [2.45, 2.75) is 6.61 Å². The molecule has 0 fully saturated rings. The van der Waals surface area contributed by atoms with Gasteiger partial charge in [-0.15, -0.1) is 0 Å². The Morgan fingerprint density at radius 2 is 1.33 bits per heavy atom. The smallest absolute Gasteiger partial charge is 0.273 e. The Hall–Kier alpha value is -3.54. The molecule has 0 radical (unpaired) electrons. The molecule has 0 heterocycles. The molecule has 0 spiro atoms. The van der Waals surface area contributed by atoms with E-state index >= 15 is 0 Å². The highest BCUT2D eigenvalue weighted by Gasteiger charge is 2.06. The first kappa shape index (κ1) is 18.3. The van der Waals surface area contributed by atoms with Gasteiger partial charge >= 0.3 is 0 Å². The van der Waals surface area contributed by atoms with Crippen molar-refractivity contribution in [3.8, 4) is 17.2 Å². The standard InChI is InChI=1S/C21H19NO5/c23-22(24)18-7-4-8-21(15-18)26-14-13-25-19-9-11-20(12-10-19)27-16-17-5-2-1-3-6-17/h1-12,15H,13-14,16H2. The van der Waals surface area contributed by atoms with Crippen molar-refractivity contribution in [1.82, 2.24) is 0 Å². The molecular weight excluding hydrogens is 346 g/mol. The summed E-state index contributed by atoms with van der Waals surface area (Å²) in [6, 6.07) is 23.4. The molecule has 0 atom stereocenters. The Morgan fingerprint density at radius 1 is 0.704 bits per heavy atom. The van der Waals surface area contributed by atoms with E-state index in [1.807, 2.05) is 54.6 Å². The summed E-state index contributed by atoms with van der Waals surface area (Å²) in [5.41, 5.74) is 1.11. The number of nitro benzene ring substituents is 1. The molecule has 6 nitrogen and oxygen atoms in total. The summed E-state index contributed by atoms with van der Waals surface area (Å²) in [7, 11) is 0. The Bertz CT molecular complexity index is 865. The molecule has 0 saturated carbocycles. The molecule has 0 saturated heterocycles. The van der Waals surface area contributed by atoms with Crippen LogP contribution in [0.1, 0.15) is 5.56 Å². The lowest BCUT2D eigenvalue weighted by Gasteiger charge is -2.10. The summed E-state index contributed by atoms with van der Waals surface area (Å²) < 4.78 is 16.8. The number of non-ortho nitro benzene ring substituents is 1. The van der Waals surface area contributed by atoms with E-state index in [1.165, 1.54) is 12.1 Å².